The minimum atomic E-state index is 0.0284. The average molecular weight is 264 g/mol. The Bertz CT molecular complexity index is 555. The van der Waals surface area contributed by atoms with Crippen LogP contribution in [0.2, 0.25) is 5.02 Å². The lowest BCUT2D eigenvalue weighted by molar-refractivity contribution is 0.257. The van der Waals surface area contributed by atoms with E-state index in [9.17, 15) is 0 Å². The van der Waals surface area contributed by atoms with Gasteiger partial charge in [-0.25, -0.2) is 0 Å². The van der Waals surface area contributed by atoms with Crippen molar-refractivity contribution in [1.82, 2.24) is 0 Å². The molecule has 0 saturated heterocycles. The molecule has 1 fully saturated rings. The molecule has 0 aliphatic heterocycles. The molecule has 2 N–H and O–H groups in total. The van der Waals surface area contributed by atoms with Gasteiger partial charge in [0.05, 0.1) is 5.02 Å². The van der Waals surface area contributed by atoms with Gasteiger partial charge in [0.2, 0.25) is 0 Å². The average Bonchev–Trinajstić information content (AvgIpc) is 2.85. The molecule has 1 aliphatic rings. The first kappa shape index (κ1) is 12.1. The van der Waals surface area contributed by atoms with Crippen molar-refractivity contribution in [3.63, 3.8) is 0 Å². The second kappa shape index (κ2) is 4.60. The molecule has 1 heterocycles. The molecule has 0 radical (unpaired) electrons. The number of hydrogen-bond acceptors (Lipinski definition) is 2. The van der Waals surface area contributed by atoms with E-state index in [0.29, 0.717) is 11.6 Å². The smallest absolute Gasteiger partial charge is 0.152 e. The second-order valence-corrected chi connectivity index (χ2v) is 5.72. The molecule has 0 unspecified atom stereocenters. The molecular weight excluding hydrogens is 246 g/mol. The van der Waals surface area contributed by atoms with E-state index >= 15 is 0 Å². The summed E-state index contributed by atoms with van der Waals surface area (Å²) >= 11 is 6.17. The first-order chi connectivity index (χ1) is 8.75. The van der Waals surface area contributed by atoms with Crippen LogP contribution in [0.25, 0.3) is 11.0 Å². The molecule has 0 amide bonds. The fourth-order valence-electron chi connectivity index (χ4n) is 3.07. The van der Waals surface area contributed by atoms with Gasteiger partial charge in [-0.1, -0.05) is 43.0 Å². The number of rotatable bonds is 2. The summed E-state index contributed by atoms with van der Waals surface area (Å²) in [4.78, 5) is 0. The molecule has 2 nitrogen and oxygen atoms in total. The molecule has 2 aromatic rings. The van der Waals surface area contributed by atoms with E-state index in [1.807, 2.05) is 18.2 Å². The highest BCUT2D eigenvalue weighted by Crippen LogP contribution is 2.41. The quantitative estimate of drug-likeness (QED) is 0.880. The fraction of sp³-hybridized carbons (Fsp3) is 0.467. The Balaban J connectivity index is 2.09. The third-order valence-electron chi connectivity index (χ3n) is 4.22. The van der Waals surface area contributed by atoms with Crippen LogP contribution in [0, 0.1) is 0 Å². The summed E-state index contributed by atoms with van der Waals surface area (Å²) in [6, 6.07) is 7.99. The minimum Gasteiger partial charge on any atom is -0.459 e. The van der Waals surface area contributed by atoms with Crippen LogP contribution in [-0.4, -0.2) is 6.54 Å². The predicted octanol–water partition coefficient (Wildman–Crippen LogP) is 4.25. The molecule has 0 bridgehead atoms. The molecule has 1 aromatic heterocycles. The van der Waals surface area contributed by atoms with Crippen LogP contribution in [0.4, 0.5) is 0 Å². The van der Waals surface area contributed by atoms with Crippen LogP contribution in [0.3, 0.4) is 0 Å². The van der Waals surface area contributed by atoms with Crippen molar-refractivity contribution in [3.05, 3.63) is 35.0 Å². The van der Waals surface area contributed by atoms with Gasteiger partial charge in [0.15, 0.2) is 5.58 Å². The van der Waals surface area contributed by atoms with Gasteiger partial charge in [-0.15, -0.1) is 0 Å². The van der Waals surface area contributed by atoms with Gasteiger partial charge < -0.3 is 10.2 Å². The van der Waals surface area contributed by atoms with Gasteiger partial charge in [-0.05, 0) is 25.0 Å². The Morgan fingerprint density at radius 3 is 2.67 bits per heavy atom. The van der Waals surface area contributed by atoms with Gasteiger partial charge in [-0.2, -0.15) is 0 Å². The summed E-state index contributed by atoms with van der Waals surface area (Å²) in [7, 11) is 0. The monoisotopic (exact) mass is 263 g/mol. The zero-order valence-electron chi connectivity index (χ0n) is 10.4. The Kier molecular flexibility index (Phi) is 3.08. The van der Waals surface area contributed by atoms with E-state index in [2.05, 4.69) is 6.07 Å². The van der Waals surface area contributed by atoms with Crippen LogP contribution in [-0.2, 0) is 5.41 Å². The van der Waals surface area contributed by atoms with Gasteiger partial charge in [0.25, 0.3) is 0 Å². The van der Waals surface area contributed by atoms with Crippen molar-refractivity contribution in [2.24, 2.45) is 5.73 Å². The van der Waals surface area contributed by atoms with Gasteiger partial charge in [-0.3, -0.25) is 0 Å². The molecule has 1 aliphatic carbocycles. The van der Waals surface area contributed by atoms with Crippen molar-refractivity contribution < 1.29 is 4.42 Å². The van der Waals surface area contributed by atoms with E-state index < -0.39 is 0 Å². The Hall–Kier alpha value is -0.990. The van der Waals surface area contributed by atoms with E-state index in [4.69, 9.17) is 21.8 Å². The summed E-state index contributed by atoms with van der Waals surface area (Å²) in [5.41, 5.74) is 6.86. The summed E-state index contributed by atoms with van der Waals surface area (Å²) in [6.07, 6.45) is 6.04. The predicted molar refractivity (Wildman–Crippen MR) is 75.0 cm³/mol. The lowest BCUT2D eigenvalue weighted by Gasteiger charge is -2.34. The number of halogens is 1. The van der Waals surface area contributed by atoms with Crippen LogP contribution in [0.1, 0.15) is 37.9 Å². The lowest BCUT2D eigenvalue weighted by atomic mass is 9.72. The molecule has 96 valence electrons. The molecule has 3 heteroatoms. The van der Waals surface area contributed by atoms with Crippen LogP contribution >= 0.6 is 11.6 Å². The van der Waals surface area contributed by atoms with Crippen molar-refractivity contribution in [2.75, 3.05) is 6.54 Å². The second-order valence-electron chi connectivity index (χ2n) is 5.31. The maximum absolute atomic E-state index is 6.17. The van der Waals surface area contributed by atoms with E-state index in [1.165, 1.54) is 19.3 Å². The maximum Gasteiger partial charge on any atom is 0.152 e. The van der Waals surface area contributed by atoms with E-state index in [-0.39, 0.29) is 5.41 Å². The molecule has 3 rings (SSSR count). The highest BCUT2D eigenvalue weighted by molar-refractivity contribution is 6.34. The number of para-hydroxylation sites is 1. The maximum atomic E-state index is 6.17. The molecule has 0 spiro atoms. The normalized spacial score (nSPS) is 19.2. The van der Waals surface area contributed by atoms with E-state index in [1.54, 1.807) is 0 Å². The first-order valence-electron chi connectivity index (χ1n) is 6.64. The van der Waals surface area contributed by atoms with E-state index in [0.717, 1.165) is 29.6 Å². The van der Waals surface area contributed by atoms with Crippen molar-refractivity contribution in [2.45, 2.75) is 37.5 Å². The lowest BCUT2D eigenvalue weighted by Crippen LogP contribution is -2.36. The molecule has 1 aromatic carbocycles. The number of hydrogen-bond donors (Lipinski definition) is 1. The number of benzene rings is 1. The van der Waals surface area contributed by atoms with Crippen LogP contribution < -0.4 is 5.73 Å². The summed E-state index contributed by atoms with van der Waals surface area (Å²) in [5.74, 6) is 1.02. The van der Waals surface area contributed by atoms with Crippen LogP contribution in [0.5, 0.6) is 0 Å². The Morgan fingerprint density at radius 1 is 1.22 bits per heavy atom. The topological polar surface area (TPSA) is 39.2 Å². The van der Waals surface area contributed by atoms with Gasteiger partial charge in [0, 0.05) is 17.3 Å². The molecular formula is C15H18ClNO. The first-order valence-corrected chi connectivity index (χ1v) is 7.02. The SMILES string of the molecule is NCC1(c2cc3cccc(Cl)c3o2)CCCCC1. The minimum absolute atomic E-state index is 0.0284. The third-order valence-corrected chi connectivity index (χ3v) is 4.52. The summed E-state index contributed by atoms with van der Waals surface area (Å²) in [5, 5.41) is 1.76. The molecule has 18 heavy (non-hydrogen) atoms. The largest absolute Gasteiger partial charge is 0.459 e. The molecule has 1 saturated carbocycles. The molecule has 0 atom stereocenters. The Labute approximate surface area is 112 Å². The zero-order chi connectivity index (χ0) is 12.6. The van der Waals surface area contributed by atoms with Gasteiger partial charge in [0.1, 0.15) is 5.76 Å². The number of fused-ring (bicyclic) bond motifs is 1. The Morgan fingerprint density at radius 2 is 2.00 bits per heavy atom. The standard InChI is InChI=1S/C15H18ClNO/c16-12-6-4-5-11-9-13(18-14(11)12)15(10-17)7-2-1-3-8-15/h4-6,9H,1-3,7-8,10,17H2. The van der Waals surface area contributed by atoms with Crippen molar-refractivity contribution in [3.8, 4) is 0 Å². The fourth-order valence-corrected chi connectivity index (χ4v) is 3.29. The summed E-state index contributed by atoms with van der Waals surface area (Å²) in [6.45, 7) is 0.657. The number of furan rings is 1. The van der Waals surface area contributed by atoms with Crippen molar-refractivity contribution in [1.29, 1.82) is 0 Å². The van der Waals surface area contributed by atoms with Crippen LogP contribution in [0.15, 0.2) is 28.7 Å². The number of nitrogens with two attached hydrogens (primary N) is 1. The van der Waals surface area contributed by atoms with Gasteiger partial charge >= 0.3 is 0 Å². The third kappa shape index (κ3) is 1.84. The highest BCUT2D eigenvalue weighted by atomic mass is 35.5. The zero-order valence-corrected chi connectivity index (χ0v) is 11.2. The highest BCUT2D eigenvalue weighted by Gasteiger charge is 2.35. The van der Waals surface area contributed by atoms with Crippen molar-refractivity contribution >= 4 is 22.6 Å². The summed E-state index contributed by atoms with van der Waals surface area (Å²) < 4.78 is 6.02.